The van der Waals surface area contributed by atoms with Crippen molar-refractivity contribution in [1.29, 1.82) is 0 Å². The summed E-state index contributed by atoms with van der Waals surface area (Å²) in [6, 6.07) is -2.02. The van der Waals surface area contributed by atoms with E-state index in [4.69, 9.17) is 14.2 Å². The van der Waals surface area contributed by atoms with Gasteiger partial charge in [0.2, 0.25) is 0 Å². The smallest absolute Gasteiger partial charge is 0.187 e. The lowest BCUT2D eigenvalue weighted by molar-refractivity contribution is -0.345. The van der Waals surface area contributed by atoms with Gasteiger partial charge in [-0.05, 0) is 12.5 Å². The molecule has 0 aromatic carbocycles. The van der Waals surface area contributed by atoms with Crippen molar-refractivity contribution in [1.82, 2.24) is 5.32 Å². The molecule has 0 bridgehead atoms. The normalized spacial score (nSPS) is 51.3. The van der Waals surface area contributed by atoms with Crippen LogP contribution in [0.15, 0.2) is 11.6 Å². The Hall–Kier alpha value is -0.820. The summed E-state index contributed by atoms with van der Waals surface area (Å²) >= 11 is 0. The molecule has 0 spiro atoms. The van der Waals surface area contributed by atoms with E-state index in [0.29, 0.717) is 0 Å². The molecule has 2 aliphatic heterocycles. The number of rotatable bonds is 6. The standard InChI is InChI=1S/C19H33NO13/c1-5-9(20-7-2-6(3-21)10(23)13(26)11(7)24)12(25)16(29)19(31-5)33-17-8(4-22)32-18(30)15(28)14(17)27/h2,5,7-30H,3-4H2,1H3/t5?,7-,8?,9+,10+,11-,12-,13-,14+,15?,16?,17+,18?,19+/m0/s1. The van der Waals surface area contributed by atoms with E-state index in [1.807, 2.05) is 0 Å². The van der Waals surface area contributed by atoms with E-state index in [9.17, 15) is 51.1 Å². The highest BCUT2D eigenvalue weighted by Crippen LogP contribution is 2.29. The largest absolute Gasteiger partial charge is 0.394 e. The van der Waals surface area contributed by atoms with E-state index in [-0.39, 0.29) is 5.57 Å². The molecule has 0 radical (unpaired) electrons. The van der Waals surface area contributed by atoms with Crippen LogP contribution in [0, 0.1) is 0 Å². The molecule has 0 saturated carbocycles. The zero-order valence-corrected chi connectivity index (χ0v) is 17.8. The Balaban J connectivity index is 1.71. The fraction of sp³-hybridized carbons (Fsp3) is 0.895. The molecule has 3 aliphatic rings. The summed E-state index contributed by atoms with van der Waals surface area (Å²) in [5.74, 6) is 0. The maximum absolute atomic E-state index is 10.7. The quantitative estimate of drug-likeness (QED) is 0.157. The molecule has 14 heteroatoms. The van der Waals surface area contributed by atoms with Gasteiger partial charge in [-0.15, -0.1) is 0 Å². The summed E-state index contributed by atoms with van der Waals surface area (Å²) in [6.45, 7) is 0.249. The molecule has 11 N–H and O–H groups in total. The van der Waals surface area contributed by atoms with Gasteiger partial charge in [-0.1, -0.05) is 6.08 Å². The first-order valence-electron chi connectivity index (χ1n) is 10.6. The molecule has 0 aromatic rings. The molecule has 0 aromatic heterocycles. The van der Waals surface area contributed by atoms with Gasteiger partial charge >= 0.3 is 0 Å². The predicted molar refractivity (Wildman–Crippen MR) is 105 cm³/mol. The van der Waals surface area contributed by atoms with E-state index in [2.05, 4.69) is 5.32 Å². The van der Waals surface area contributed by atoms with E-state index >= 15 is 0 Å². The molecule has 192 valence electrons. The van der Waals surface area contributed by atoms with E-state index in [1.54, 1.807) is 0 Å². The fourth-order valence-electron chi connectivity index (χ4n) is 4.33. The SMILES string of the molecule is CC1O[C@H](O[C@@H]2C(CO)OC(O)C(O)[C@H]2O)C(O)[C@@H](O)[C@@H]1N[C@H]1C=C(CO)[C@@H](O)[C@H](O)[C@H]1O. The Kier molecular flexibility index (Phi) is 8.80. The molecule has 2 fully saturated rings. The summed E-state index contributed by atoms with van der Waals surface area (Å²) in [4.78, 5) is 0. The zero-order chi connectivity index (χ0) is 24.6. The molecule has 5 unspecified atom stereocenters. The molecule has 3 rings (SSSR count). The molecule has 2 saturated heterocycles. The lowest BCUT2D eigenvalue weighted by atomic mass is 9.86. The highest BCUT2D eigenvalue weighted by atomic mass is 16.7. The van der Waals surface area contributed by atoms with E-state index in [0.717, 1.165) is 0 Å². The number of nitrogens with one attached hydrogen (secondary N) is 1. The van der Waals surface area contributed by atoms with E-state index in [1.165, 1.54) is 13.0 Å². The highest BCUT2D eigenvalue weighted by molar-refractivity contribution is 5.22. The van der Waals surface area contributed by atoms with Crippen molar-refractivity contribution in [3.8, 4) is 0 Å². The number of aliphatic hydroxyl groups is 10. The summed E-state index contributed by atoms with van der Waals surface area (Å²) in [5, 5.41) is 103. The van der Waals surface area contributed by atoms with Crippen LogP contribution in [0.1, 0.15) is 6.92 Å². The average molecular weight is 483 g/mol. The van der Waals surface area contributed by atoms with Gasteiger partial charge < -0.3 is 70.6 Å². The van der Waals surface area contributed by atoms with Crippen molar-refractivity contribution in [2.24, 2.45) is 0 Å². The van der Waals surface area contributed by atoms with Gasteiger partial charge in [0, 0.05) is 0 Å². The first-order chi connectivity index (χ1) is 15.5. The molecular formula is C19H33NO13. The third-order valence-electron chi connectivity index (χ3n) is 6.36. The van der Waals surface area contributed by atoms with Crippen LogP contribution in [-0.2, 0) is 14.2 Å². The zero-order valence-electron chi connectivity index (χ0n) is 17.8. The molecule has 2 heterocycles. The molecule has 1 aliphatic carbocycles. The summed E-state index contributed by atoms with van der Waals surface area (Å²) < 4.78 is 16.1. The fourth-order valence-corrected chi connectivity index (χ4v) is 4.33. The number of hydrogen-bond acceptors (Lipinski definition) is 14. The second kappa shape index (κ2) is 10.8. The van der Waals surface area contributed by atoms with Gasteiger partial charge in [-0.3, -0.25) is 0 Å². The summed E-state index contributed by atoms with van der Waals surface area (Å²) in [5.41, 5.74) is 0.0630. The average Bonchev–Trinajstić information content (AvgIpc) is 2.79. The first-order valence-corrected chi connectivity index (χ1v) is 10.6. The van der Waals surface area contributed by atoms with Crippen LogP contribution in [0.5, 0.6) is 0 Å². The lowest BCUT2D eigenvalue weighted by Gasteiger charge is -2.47. The van der Waals surface area contributed by atoms with Crippen molar-refractivity contribution in [3.63, 3.8) is 0 Å². The second-order valence-corrected chi connectivity index (χ2v) is 8.56. The third-order valence-corrected chi connectivity index (χ3v) is 6.36. The molecule has 14 atom stereocenters. The van der Waals surface area contributed by atoms with Crippen LogP contribution in [0.4, 0.5) is 0 Å². The van der Waals surface area contributed by atoms with E-state index < -0.39 is 98.9 Å². The van der Waals surface area contributed by atoms with Crippen molar-refractivity contribution in [2.45, 2.75) is 92.6 Å². The van der Waals surface area contributed by atoms with Crippen molar-refractivity contribution in [3.05, 3.63) is 11.6 Å². The van der Waals surface area contributed by atoms with Gasteiger partial charge in [0.25, 0.3) is 0 Å². The van der Waals surface area contributed by atoms with Gasteiger partial charge in [0.1, 0.15) is 54.9 Å². The second-order valence-electron chi connectivity index (χ2n) is 8.56. The van der Waals surface area contributed by atoms with Crippen molar-refractivity contribution in [2.75, 3.05) is 13.2 Å². The van der Waals surface area contributed by atoms with Crippen LogP contribution in [0.25, 0.3) is 0 Å². The molecular weight excluding hydrogens is 450 g/mol. The summed E-state index contributed by atoms with van der Waals surface area (Å²) in [6.07, 6.45) is -16.8. The number of hydrogen-bond donors (Lipinski definition) is 11. The Labute approximate surface area is 188 Å². The minimum absolute atomic E-state index is 0.0630. The molecule has 33 heavy (non-hydrogen) atoms. The maximum Gasteiger partial charge on any atom is 0.187 e. The van der Waals surface area contributed by atoms with Crippen LogP contribution < -0.4 is 5.32 Å². The Bertz CT molecular complexity index is 680. The Morgan fingerprint density at radius 3 is 2.12 bits per heavy atom. The van der Waals surface area contributed by atoms with Gasteiger partial charge in [0.05, 0.1) is 31.4 Å². The van der Waals surface area contributed by atoms with Crippen molar-refractivity contribution < 1.29 is 65.3 Å². The van der Waals surface area contributed by atoms with Crippen molar-refractivity contribution >= 4 is 0 Å². The monoisotopic (exact) mass is 483 g/mol. The minimum Gasteiger partial charge on any atom is -0.394 e. The van der Waals surface area contributed by atoms with Crippen LogP contribution in [0.3, 0.4) is 0 Å². The van der Waals surface area contributed by atoms with Gasteiger partial charge in [-0.2, -0.15) is 0 Å². The maximum atomic E-state index is 10.7. The first kappa shape index (κ1) is 26.8. The third kappa shape index (κ3) is 5.24. The lowest BCUT2D eigenvalue weighted by Crippen LogP contribution is -2.68. The topological polar surface area (TPSA) is 242 Å². The van der Waals surface area contributed by atoms with Crippen LogP contribution in [0.2, 0.25) is 0 Å². The number of aliphatic hydroxyl groups excluding tert-OH is 10. The summed E-state index contributed by atoms with van der Waals surface area (Å²) in [7, 11) is 0. The van der Waals surface area contributed by atoms with Gasteiger partial charge in [-0.25, -0.2) is 0 Å². The molecule has 14 nitrogen and oxygen atoms in total. The predicted octanol–water partition coefficient (Wildman–Crippen LogP) is -6.39. The number of ether oxygens (including phenoxy) is 3. The minimum atomic E-state index is -1.76. The van der Waals surface area contributed by atoms with Crippen LogP contribution in [-0.4, -0.2) is 150 Å². The Morgan fingerprint density at radius 1 is 0.848 bits per heavy atom. The van der Waals surface area contributed by atoms with Crippen LogP contribution >= 0.6 is 0 Å². The Morgan fingerprint density at radius 2 is 1.52 bits per heavy atom. The molecule has 0 amide bonds. The highest BCUT2D eigenvalue weighted by Gasteiger charge is 2.50. The van der Waals surface area contributed by atoms with Gasteiger partial charge in [0.15, 0.2) is 12.6 Å².